The highest BCUT2D eigenvalue weighted by Gasteiger charge is 2.37. The highest BCUT2D eigenvalue weighted by atomic mass is 16.5. The summed E-state index contributed by atoms with van der Waals surface area (Å²) in [6.07, 6.45) is 5.62. The van der Waals surface area contributed by atoms with Gasteiger partial charge in [-0.25, -0.2) is 0 Å². The Balaban J connectivity index is 0.000000431. The fraction of sp³-hybridized carbons (Fsp3) is 0.321. The third-order valence-corrected chi connectivity index (χ3v) is 5.30. The standard InChI is InChI=1S/C22H21NO.C4H10.C2H4O/c1-15(23)21-14-18(21)13-16-9-11-19(12-10-16)24-22-8-4-6-17-5-2-3-7-20(17)22;1-3-4-2;1-2-3/h2-12,18,21H,1,13-14,23H2;3-4H2,1-2H3;2H,1H3. The van der Waals surface area contributed by atoms with Crippen LogP contribution in [-0.2, 0) is 11.2 Å². The van der Waals surface area contributed by atoms with Gasteiger partial charge in [0.05, 0.1) is 0 Å². The second-order valence-electron chi connectivity index (χ2n) is 7.84. The molecule has 0 aromatic heterocycles. The number of hydrogen-bond acceptors (Lipinski definition) is 3. The maximum absolute atomic E-state index is 8.81. The summed E-state index contributed by atoms with van der Waals surface area (Å²) in [5, 5.41) is 2.32. The van der Waals surface area contributed by atoms with Crippen LogP contribution in [0.5, 0.6) is 11.5 Å². The summed E-state index contributed by atoms with van der Waals surface area (Å²) in [5.41, 5.74) is 7.94. The maximum atomic E-state index is 8.81. The number of nitrogens with two attached hydrogens (primary N) is 1. The van der Waals surface area contributed by atoms with Gasteiger partial charge in [0.1, 0.15) is 17.8 Å². The van der Waals surface area contributed by atoms with Gasteiger partial charge in [0.15, 0.2) is 0 Å². The van der Waals surface area contributed by atoms with Crippen molar-refractivity contribution in [1.82, 2.24) is 0 Å². The molecule has 2 atom stereocenters. The monoisotopic (exact) mass is 417 g/mol. The largest absolute Gasteiger partial charge is 0.457 e. The molecule has 3 aromatic carbocycles. The van der Waals surface area contributed by atoms with Gasteiger partial charge < -0.3 is 15.3 Å². The van der Waals surface area contributed by atoms with Gasteiger partial charge in [0.25, 0.3) is 0 Å². The van der Waals surface area contributed by atoms with E-state index in [9.17, 15) is 0 Å². The molecule has 1 aliphatic carbocycles. The highest BCUT2D eigenvalue weighted by Crippen LogP contribution is 2.44. The number of unbranched alkanes of at least 4 members (excludes halogenated alkanes) is 1. The Bertz CT molecular complexity index is 955. The number of fused-ring (bicyclic) bond motifs is 1. The summed E-state index contributed by atoms with van der Waals surface area (Å²) in [4.78, 5) is 8.81. The lowest BCUT2D eigenvalue weighted by Crippen LogP contribution is -2.00. The van der Waals surface area contributed by atoms with Crippen molar-refractivity contribution in [2.75, 3.05) is 0 Å². The lowest BCUT2D eigenvalue weighted by Gasteiger charge is -2.09. The van der Waals surface area contributed by atoms with Crippen molar-refractivity contribution in [3.63, 3.8) is 0 Å². The molecule has 0 radical (unpaired) electrons. The van der Waals surface area contributed by atoms with Gasteiger partial charge in [-0.15, -0.1) is 0 Å². The molecule has 0 bridgehead atoms. The zero-order valence-corrected chi connectivity index (χ0v) is 19.0. The fourth-order valence-corrected chi connectivity index (χ4v) is 3.34. The SMILES string of the molecule is C=C(N)C1CC1Cc1ccc(Oc2cccc3ccccc23)cc1.CC=O.CCCC. The number of ether oxygens (including phenoxy) is 1. The summed E-state index contributed by atoms with van der Waals surface area (Å²) in [5.74, 6) is 2.93. The first-order chi connectivity index (χ1) is 15.0. The number of aldehydes is 1. The number of allylic oxidation sites excluding steroid dienone is 1. The highest BCUT2D eigenvalue weighted by molar-refractivity contribution is 5.88. The Morgan fingerprint density at radius 1 is 1.03 bits per heavy atom. The Labute approximate surface area is 186 Å². The van der Waals surface area contributed by atoms with Crippen molar-refractivity contribution >= 4 is 17.1 Å². The molecule has 2 N–H and O–H groups in total. The molecule has 164 valence electrons. The van der Waals surface area contributed by atoms with Crippen molar-refractivity contribution in [1.29, 1.82) is 0 Å². The summed E-state index contributed by atoms with van der Waals surface area (Å²) in [7, 11) is 0. The summed E-state index contributed by atoms with van der Waals surface area (Å²) < 4.78 is 6.09. The number of carbonyl (C=O) groups excluding carboxylic acids is 1. The van der Waals surface area contributed by atoms with Gasteiger partial charge in [0, 0.05) is 17.0 Å². The normalized spacial score (nSPS) is 16.2. The summed E-state index contributed by atoms with van der Waals surface area (Å²) >= 11 is 0. The van der Waals surface area contributed by atoms with E-state index in [2.05, 4.69) is 50.8 Å². The summed E-state index contributed by atoms with van der Waals surface area (Å²) in [6.45, 7) is 9.66. The number of rotatable bonds is 6. The Kier molecular flexibility index (Phi) is 9.83. The zero-order valence-electron chi connectivity index (χ0n) is 19.0. The molecule has 0 amide bonds. The van der Waals surface area contributed by atoms with Gasteiger partial charge in [-0.05, 0) is 54.8 Å². The van der Waals surface area contributed by atoms with Gasteiger partial charge in [-0.1, -0.05) is 81.8 Å². The van der Waals surface area contributed by atoms with Crippen molar-refractivity contribution in [3.8, 4) is 11.5 Å². The average molecular weight is 418 g/mol. The van der Waals surface area contributed by atoms with Crippen LogP contribution in [0.3, 0.4) is 0 Å². The van der Waals surface area contributed by atoms with Gasteiger partial charge >= 0.3 is 0 Å². The molecule has 3 nitrogen and oxygen atoms in total. The summed E-state index contributed by atoms with van der Waals surface area (Å²) in [6, 6.07) is 22.8. The van der Waals surface area contributed by atoms with Gasteiger partial charge in [-0.2, -0.15) is 0 Å². The first-order valence-corrected chi connectivity index (χ1v) is 11.1. The third-order valence-electron chi connectivity index (χ3n) is 5.30. The minimum atomic E-state index is 0.511. The van der Waals surface area contributed by atoms with Gasteiger partial charge in [-0.3, -0.25) is 0 Å². The van der Waals surface area contributed by atoms with Crippen LogP contribution in [0, 0.1) is 11.8 Å². The third kappa shape index (κ3) is 7.60. The van der Waals surface area contributed by atoms with Crippen LogP contribution in [0.4, 0.5) is 0 Å². The van der Waals surface area contributed by atoms with Crippen LogP contribution in [0.2, 0.25) is 0 Å². The van der Waals surface area contributed by atoms with Crippen molar-refractivity contribution in [2.24, 2.45) is 17.6 Å². The van der Waals surface area contributed by atoms with E-state index in [1.807, 2.05) is 36.4 Å². The van der Waals surface area contributed by atoms with E-state index in [1.54, 1.807) is 0 Å². The molecule has 3 heteroatoms. The molecule has 1 saturated carbocycles. The fourth-order valence-electron chi connectivity index (χ4n) is 3.34. The Hall–Kier alpha value is -3.07. The second kappa shape index (κ2) is 12.6. The molecule has 1 fully saturated rings. The molecule has 0 heterocycles. The van der Waals surface area contributed by atoms with E-state index in [4.69, 9.17) is 15.3 Å². The predicted molar refractivity (Wildman–Crippen MR) is 131 cm³/mol. The van der Waals surface area contributed by atoms with Crippen LogP contribution >= 0.6 is 0 Å². The minimum absolute atomic E-state index is 0.511. The lowest BCUT2D eigenvalue weighted by molar-refractivity contribution is -0.106. The molecule has 4 rings (SSSR count). The van der Waals surface area contributed by atoms with Crippen molar-refractivity contribution < 1.29 is 9.53 Å². The van der Waals surface area contributed by atoms with Crippen molar-refractivity contribution in [2.45, 2.75) is 46.5 Å². The van der Waals surface area contributed by atoms with E-state index >= 15 is 0 Å². The molecule has 2 unspecified atom stereocenters. The Morgan fingerprint density at radius 3 is 2.23 bits per heavy atom. The molecule has 0 aliphatic heterocycles. The molecule has 31 heavy (non-hydrogen) atoms. The van der Waals surface area contributed by atoms with Crippen LogP contribution in [-0.4, -0.2) is 6.29 Å². The first kappa shape index (κ1) is 24.2. The smallest absolute Gasteiger partial charge is 0.135 e. The topological polar surface area (TPSA) is 52.3 Å². The van der Waals surface area contributed by atoms with E-state index in [0.29, 0.717) is 11.8 Å². The number of carbonyl (C=O) groups is 1. The minimum Gasteiger partial charge on any atom is -0.457 e. The molecule has 0 saturated heterocycles. The van der Waals surface area contributed by atoms with Crippen LogP contribution in [0.1, 0.15) is 45.6 Å². The lowest BCUT2D eigenvalue weighted by atomic mass is 10.1. The van der Waals surface area contributed by atoms with E-state index in [-0.39, 0.29) is 0 Å². The van der Waals surface area contributed by atoms with Crippen molar-refractivity contribution in [3.05, 3.63) is 84.6 Å². The Morgan fingerprint density at radius 2 is 1.65 bits per heavy atom. The number of hydrogen-bond donors (Lipinski definition) is 1. The van der Waals surface area contributed by atoms with Crippen LogP contribution in [0.25, 0.3) is 10.8 Å². The molecule has 1 aliphatic rings. The zero-order chi connectivity index (χ0) is 22.6. The van der Waals surface area contributed by atoms with Crippen LogP contribution in [0.15, 0.2) is 79.0 Å². The predicted octanol–water partition coefficient (Wildman–Crippen LogP) is 7.29. The van der Waals surface area contributed by atoms with Gasteiger partial charge in [0.2, 0.25) is 0 Å². The van der Waals surface area contributed by atoms with Crippen LogP contribution < -0.4 is 10.5 Å². The second-order valence-corrected chi connectivity index (χ2v) is 7.84. The van der Waals surface area contributed by atoms with E-state index in [1.165, 1.54) is 37.1 Å². The van der Waals surface area contributed by atoms with E-state index < -0.39 is 0 Å². The average Bonchev–Trinajstić information content (AvgIpc) is 3.56. The van der Waals surface area contributed by atoms with E-state index in [0.717, 1.165) is 35.3 Å². The number of benzene rings is 3. The molecule has 3 aromatic rings. The molecular weight excluding hydrogens is 382 g/mol. The molecular formula is C28H35NO2. The molecule has 0 spiro atoms. The first-order valence-electron chi connectivity index (χ1n) is 11.1. The quantitative estimate of drug-likeness (QED) is 0.428. The maximum Gasteiger partial charge on any atom is 0.135 e.